The summed E-state index contributed by atoms with van der Waals surface area (Å²) >= 11 is 0. The van der Waals surface area contributed by atoms with Crippen LogP contribution in [0.1, 0.15) is 41.6 Å². The minimum Gasteiger partial charge on any atom is -0.376 e. The third-order valence-electron chi connectivity index (χ3n) is 4.67. The number of nitrogens with one attached hydrogen (secondary N) is 1. The molecule has 5 heteroatoms. The van der Waals surface area contributed by atoms with Crippen molar-refractivity contribution in [3.05, 3.63) is 35.4 Å². The van der Waals surface area contributed by atoms with Crippen molar-refractivity contribution in [1.82, 2.24) is 10.2 Å². The van der Waals surface area contributed by atoms with E-state index in [0.717, 1.165) is 25.2 Å². The molecule has 0 radical (unpaired) electrons. The summed E-state index contributed by atoms with van der Waals surface area (Å²) < 4.78 is 10.9. The summed E-state index contributed by atoms with van der Waals surface area (Å²) in [4.78, 5) is 14.9. The molecule has 3 rings (SSSR count). The first-order valence-electron chi connectivity index (χ1n) is 9.10. The minimum absolute atomic E-state index is 0.0389. The Labute approximate surface area is 144 Å². The lowest BCUT2D eigenvalue weighted by molar-refractivity contribution is -0.0855. The molecule has 0 spiro atoms. The van der Waals surface area contributed by atoms with Crippen LogP contribution in [0.4, 0.5) is 0 Å². The molecule has 2 saturated heterocycles. The van der Waals surface area contributed by atoms with Crippen molar-refractivity contribution < 1.29 is 14.3 Å². The van der Waals surface area contributed by atoms with Crippen LogP contribution in [0.5, 0.6) is 0 Å². The van der Waals surface area contributed by atoms with Crippen LogP contribution in [0.3, 0.4) is 0 Å². The average Bonchev–Trinajstić information content (AvgIpc) is 2.89. The van der Waals surface area contributed by atoms with Gasteiger partial charge < -0.3 is 14.8 Å². The molecule has 2 fully saturated rings. The fraction of sp³-hybridized carbons (Fsp3) is 0.632. The molecule has 0 aromatic heterocycles. The molecule has 0 aliphatic carbocycles. The van der Waals surface area contributed by atoms with Gasteiger partial charge in [-0.3, -0.25) is 9.69 Å². The molecule has 132 valence electrons. The van der Waals surface area contributed by atoms with E-state index >= 15 is 0 Å². The fourth-order valence-electron chi connectivity index (χ4n) is 3.33. The zero-order valence-corrected chi connectivity index (χ0v) is 14.3. The molecule has 1 N–H and O–H groups in total. The minimum atomic E-state index is -0.0399. The van der Waals surface area contributed by atoms with E-state index in [1.807, 2.05) is 18.2 Å². The van der Waals surface area contributed by atoms with Crippen molar-refractivity contribution in [2.24, 2.45) is 0 Å². The number of hydrogen-bond donors (Lipinski definition) is 1. The topological polar surface area (TPSA) is 50.8 Å². The second kappa shape index (κ2) is 9.16. The Bertz CT molecular complexity index is 521. The monoisotopic (exact) mass is 332 g/mol. The van der Waals surface area contributed by atoms with Gasteiger partial charge >= 0.3 is 0 Å². The predicted molar refractivity (Wildman–Crippen MR) is 93.1 cm³/mol. The standard InChI is InChI=1S/C19H28N2O3/c22-19(20-13-18-15-23-10-11-24-18)17-7-5-6-16(12-17)14-21-8-3-1-2-4-9-21/h5-7,12,18H,1-4,8-11,13-15H2,(H,20,22)/t18-/m0/s1. The third kappa shape index (κ3) is 5.30. The van der Waals surface area contributed by atoms with Crippen LogP contribution in [0.15, 0.2) is 24.3 Å². The third-order valence-corrected chi connectivity index (χ3v) is 4.67. The molecule has 5 nitrogen and oxygen atoms in total. The van der Waals surface area contributed by atoms with Gasteiger partial charge in [0.2, 0.25) is 0 Å². The highest BCUT2D eigenvalue weighted by atomic mass is 16.6. The Kier molecular flexibility index (Phi) is 6.64. The van der Waals surface area contributed by atoms with Crippen molar-refractivity contribution in [3.63, 3.8) is 0 Å². The van der Waals surface area contributed by atoms with Gasteiger partial charge in [-0.05, 0) is 43.6 Å². The maximum Gasteiger partial charge on any atom is 0.251 e. The molecule has 1 amide bonds. The van der Waals surface area contributed by atoms with E-state index in [-0.39, 0.29) is 12.0 Å². The molecule has 1 aromatic carbocycles. The van der Waals surface area contributed by atoms with Crippen molar-refractivity contribution in [2.45, 2.75) is 38.3 Å². The molecule has 2 aliphatic heterocycles. The van der Waals surface area contributed by atoms with E-state index in [9.17, 15) is 4.79 Å². The first kappa shape index (κ1) is 17.4. The number of benzene rings is 1. The number of rotatable bonds is 5. The van der Waals surface area contributed by atoms with Gasteiger partial charge in [0, 0.05) is 18.7 Å². The second-order valence-electron chi connectivity index (χ2n) is 6.67. The quantitative estimate of drug-likeness (QED) is 0.898. The lowest BCUT2D eigenvalue weighted by Crippen LogP contribution is -2.39. The zero-order chi connectivity index (χ0) is 16.6. The van der Waals surface area contributed by atoms with Gasteiger partial charge in [-0.25, -0.2) is 0 Å². The van der Waals surface area contributed by atoms with E-state index in [2.05, 4.69) is 16.3 Å². The van der Waals surface area contributed by atoms with Crippen LogP contribution in [0, 0.1) is 0 Å². The van der Waals surface area contributed by atoms with Gasteiger partial charge in [-0.2, -0.15) is 0 Å². The van der Waals surface area contributed by atoms with E-state index < -0.39 is 0 Å². The van der Waals surface area contributed by atoms with E-state index in [0.29, 0.717) is 26.4 Å². The van der Waals surface area contributed by atoms with Crippen molar-refractivity contribution >= 4 is 5.91 Å². The van der Waals surface area contributed by atoms with Gasteiger partial charge in [-0.15, -0.1) is 0 Å². The summed E-state index contributed by atoms with van der Waals surface area (Å²) in [6.07, 6.45) is 5.20. The molecule has 24 heavy (non-hydrogen) atoms. The Morgan fingerprint density at radius 3 is 2.75 bits per heavy atom. The highest BCUT2D eigenvalue weighted by molar-refractivity contribution is 5.94. The van der Waals surface area contributed by atoms with Gasteiger partial charge in [0.1, 0.15) is 0 Å². The predicted octanol–water partition coefficient (Wildman–Crippen LogP) is 2.21. The normalized spacial score (nSPS) is 22.8. The summed E-state index contributed by atoms with van der Waals surface area (Å²) in [5.41, 5.74) is 1.93. The Hall–Kier alpha value is -1.43. The first-order valence-corrected chi connectivity index (χ1v) is 9.10. The van der Waals surface area contributed by atoms with Crippen LogP contribution < -0.4 is 5.32 Å². The van der Waals surface area contributed by atoms with Crippen LogP contribution in [0.25, 0.3) is 0 Å². The summed E-state index contributed by atoms with van der Waals surface area (Å²) in [5, 5.41) is 2.95. The Morgan fingerprint density at radius 2 is 2.00 bits per heavy atom. The van der Waals surface area contributed by atoms with Gasteiger partial charge in [-0.1, -0.05) is 25.0 Å². The van der Waals surface area contributed by atoms with Crippen molar-refractivity contribution in [2.75, 3.05) is 39.5 Å². The second-order valence-corrected chi connectivity index (χ2v) is 6.67. The first-order chi connectivity index (χ1) is 11.8. The van der Waals surface area contributed by atoms with Crippen LogP contribution >= 0.6 is 0 Å². The molecule has 1 atom stereocenters. The van der Waals surface area contributed by atoms with Crippen LogP contribution in [0.2, 0.25) is 0 Å². The maximum absolute atomic E-state index is 12.4. The molecule has 0 unspecified atom stereocenters. The fourth-order valence-corrected chi connectivity index (χ4v) is 3.33. The maximum atomic E-state index is 12.4. The summed E-state index contributed by atoms with van der Waals surface area (Å²) in [6, 6.07) is 7.97. The lowest BCUT2D eigenvalue weighted by atomic mass is 10.1. The molecule has 2 aliphatic rings. The van der Waals surface area contributed by atoms with Crippen molar-refractivity contribution in [1.29, 1.82) is 0 Å². The SMILES string of the molecule is O=C(NC[C@H]1COCCO1)c1cccc(CN2CCCCCC2)c1. The number of carbonyl (C=O) groups is 1. The van der Waals surface area contributed by atoms with Gasteiger partial charge in [0.15, 0.2) is 0 Å². The zero-order valence-electron chi connectivity index (χ0n) is 14.3. The van der Waals surface area contributed by atoms with Crippen LogP contribution in [-0.2, 0) is 16.0 Å². The molecule has 2 heterocycles. The highest BCUT2D eigenvalue weighted by Crippen LogP contribution is 2.14. The molecular weight excluding hydrogens is 304 g/mol. The lowest BCUT2D eigenvalue weighted by Gasteiger charge is -2.23. The van der Waals surface area contributed by atoms with Gasteiger partial charge in [0.25, 0.3) is 5.91 Å². The molecule has 1 aromatic rings. The van der Waals surface area contributed by atoms with Crippen LogP contribution in [-0.4, -0.2) is 56.4 Å². The summed E-state index contributed by atoms with van der Waals surface area (Å²) in [5.74, 6) is -0.0399. The summed E-state index contributed by atoms with van der Waals surface area (Å²) in [6.45, 7) is 5.55. The van der Waals surface area contributed by atoms with Crippen molar-refractivity contribution in [3.8, 4) is 0 Å². The number of amides is 1. The number of hydrogen-bond acceptors (Lipinski definition) is 4. The van der Waals surface area contributed by atoms with E-state index in [4.69, 9.17) is 9.47 Å². The molecule has 0 saturated carbocycles. The summed E-state index contributed by atoms with van der Waals surface area (Å²) in [7, 11) is 0. The number of ether oxygens (including phenoxy) is 2. The number of nitrogens with zero attached hydrogens (tertiary/aromatic N) is 1. The molecule has 0 bridgehead atoms. The van der Waals surface area contributed by atoms with E-state index in [1.54, 1.807) is 0 Å². The average molecular weight is 332 g/mol. The highest BCUT2D eigenvalue weighted by Gasteiger charge is 2.16. The molecular formula is C19H28N2O3. The van der Waals surface area contributed by atoms with Gasteiger partial charge in [0.05, 0.1) is 25.9 Å². The number of likely N-dealkylation sites (tertiary alicyclic amines) is 1. The Morgan fingerprint density at radius 1 is 1.17 bits per heavy atom. The Balaban J connectivity index is 1.52. The smallest absolute Gasteiger partial charge is 0.251 e. The largest absolute Gasteiger partial charge is 0.376 e. The number of carbonyl (C=O) groups excluding carboxylic acids is 1. The van der Waals surface area contributed by atoms with E-state index in [1.165, 1.54) is 31.2 Å².